The van der Waals surface area contributed by atoms with Crippen LogP contribution in [0.25, 0.3) is 21.5 Å². The molecule has 0 aliphatic carbocycles. The van der Waals surface area contributed by atoms with Crippen LogP contribution in [0.4, 0.5) is 11.4 Å². The van der Waals surface area contributed by atoms with Gasteiger partial charge in [0.2, 0.25) is 0 Å². The summed E-state index contributed by atoms with van der Waals surface area (Å²) < 4.78 is 0. The topological polar surface area (TPSA) is 47.0 Å². The maximum atomic E-state index is 3.59. The van der Waals surface area contributed by atoms with Gasteiger partial charge in [-0.3, -0.25) is 0 Å². The Labute approximate surface area is 130 Å². The molecule has 4 N–H and O–H groups in total. The first-order valence-electron chi connectivity index (χ1n) is 7.14. The Kier molecular flexibility index (Phi) is 3.77. The Bertz CT molecular complexity index is 841. The molecule has 4 aromatic rings. The maximum absolute atomic E-state index is 3.59. The van der Waals surface area contributed by atoms with Crippen LogP contribution in [0.15, 0.2) is 84.9 Å². The van der Waals surface area contributed by atoms with E-state index in [1.54, 1.807) is 0 Å². The van der Waals surface area contributed by atoms with Crippen LogP contribution in [0.2, 0.25) is 0 Å². The van der Waals surface area contributed by atoms with Gasteiger partial charge in [-0.1, -0.05) is 72.8 Å². The standard InChI is InChI=1S/C20H15N.H3N/c1-3-11-17-15(7-1)9-5-13-19(17)21-20-14-6-10-16-8-2-4-12-18(16)20;/h1-14,21H;1H3. The van der Waals surface area contributed by atoms with Crippen LogP contribution in [-0.2, 0) is 0 Å². The smallest absolute Gasteiger partial charge is 0.0464 e. The summed E-state index contributed by atoms with van der Waals surface area (Å²) in [5.41, 5.74) is 2.29. The van der Waals surface area contributed by atoms with Crippen molar-refractivity contribution in [3.63, 3.8) is 0 Å². The summed E-state index contributed by atoms with van der Waals surface area (Å²) in [4.78, 5) is 0. The largest absolute Gasteiger partial charge is 0.355 e. The predicted molar refractivity (Wildman–Crippen MR) is 96.2 cm³/mol. The molecule has 0 saturated heterocycles. The lowest BCUT2D eigenvalue weighted by molar-refractivity contribution is 1.61. The highest BCUT2D eigenvalue weighted by Gasteiger charge is 2.03. The van der Waals surface area contributed by atoms with Crippen molar-refractivity contribution in [3.8, 4) is 0 Å². The predicted octanol–water partition coefficient (Wildman–Crippen LogP) is 5.90. The highest BCUT2D eigenvalue weighted by molar-refractivity contribution is 6.00. The summed E-state index contributed by atoms with van der Waals surface area (Å²) in [5.74, 6) is 0. The summed E-state index contributed by atoms with van der Waals surface area (Å²) in [6.45, 7) is 0. The van der Waals surface area contributed by atoms with E-state index in [9.17, 15) is 0 Å². The van der Waals surface area contributed by atoms with Gasteiger partial charge in [0.1, 0.15) is 0 Å². The highest BCUT2D eigenvalue weighted by Crippen LogP contribution is 2.30. The van der Waals surface area contributed by atoms with Crippen LogP contribution in [0.3, 0.4) is 0 Å². The molecule has 2 heteroatoms. The molecular formula is C20H18N2. The second-order valence-electron chi connectivity index (χ2n) is 5.18. The third-order valence-electron chi connectivity index (χ3n) is 3.85. The molecule has 0 bridgehead atoms. The Morgan fingerprint density at radius 2 is 0.864 bits per heavy atom. The molecule has 0 amide bonds. The van der Waals surface area contributed by atoms with Crippen molar-refractivity contribution in [2.75, 3.05) is 5.32 Å². The van der Waals surface area contributed by atoms with Crippen LogP contribution >= 0.6 is 0 Å². The minimum atomic E-state index is 0. The zero-order chi connectivity index (χ0) is 14.1. The lowest BCUT2D eigenvalue weighted by Crippen LogP contribution is -1.92. The molecular weight excluding hydrogens is 268 g/mol. The Balaban J connectivity index is 0.00000144. The molecule has 4 rings (SSSR count). The van der Waals surface area contributed by atoms with Crippen LogP contribution in [0.5, 0.6) is 0 Å². The Morgan fingerprint density at radius 3 is 1.36 bits per heavy atom. The number of nitrogens with one attached hydrogen (secondary N) is 1. The van der Waals surface area contributed by atoms with Gasteiger partial charge in [0.25, 0.3) is 0 Å². The molecule has 0 aliphatic heterocycles. The number of benzene rings is 4. The molecule has 0 saturated carbocycles. The maximum Gasteiger partial charge on any atom is 0.0464 e. The minimum Gasteiger partial charge on any atom is -0.355 e. The summed E-state index contributed by atoms with van der Waals surface area (Å²) in [6, 6.07) is 29.6. The molecule has 22 heavy (non-hydrogen) atoms. The van der Waals surface area contributed by atoms with Gasteiger partial charge in [0.15, 0.2) is 0 Å². The van der Waals surface area contributed by atoms with E-state index in [4.69, 9.17) is 0 Å². The molecule has 2 nitrogen and oxygen atoms in total. The van der Waals surface area contributed by atoms with Crippen molar-refractivity contribution in [2.45, 2.75) is 0 Å². The van der Waals surface area contributed by atoms with Crippen LogP contribution < -0.4 is 11.5 Å². The normalized spacial score (nSPS) is 10.4. The van der Waals surface area contributed by atoms with E-state index in [0.29, 0.717) is 0 Å². The van der Waals surface area contributed by atoms with Gasteiger partial charge in [-0.15, -0.1) is 0 Å². The van der Waals surface area contributed by atoms with Crippen LogP contribution in [-0.4, -0.2) is 0 Å². The average Bonchev–Trinajstić information content (AvgIpc) is 2.56. The van der Waals surface area contributed by atoms with E-state index in [1.807, 2.05) is 0 Å². The molecule has 0 aromatic heterocycles. The monoisotopic (exact) mass is 286 g/mol. The second kappa shape index (κ2) is 5.88. The summed E-state index contributed by atoms with van der Waals surface area (Å²) in [5, 5.41) is 8.58. The summed E-state index contributed by atoms with van der Waals surface area (Å²) in [6.07, 6.45) is 0. The molecule has 0 fully saturated rings. The highest BCUT2D eigenvalue weighted by atomic mass is 14.9. The van der Waals surface area contributed by atoms with Crippen molar-refractivity contribution in [3.05, 3.63) is 84.9 Å². The molecule has 0 radical (unpaired) electrons. The number of hydrogen-bond acceptors (Lipinski definition) is 2. The van der Waals surface area contributed by atoms with E-state index in [2.05, 4.69) is 90.2 Å². The first-order chi connectivity index (χ1) is 10.4. The van der Waals surface area contributed by atoms with Gasteiger partial charge in [-0.2, -0.15) is 0 Å². The van der Waals surface area contributed by atoms with Crippen molar-refractivity contribution in [1.29, 1.82) is 0 Å². The first kappa shape index (κ1) is 14.1. The third-order valence-corrected chi connectivity index (χ3v) is 3.85. The molecule has 0 unspecified atom stereocenters. The van der Waals surface area contributed by atoms with Gasteiger partial charge in [0, 0.05) is 22.1 Å². The summed E-state index contributed by atoms with van der Waals surface area (Å²) in [7, 11) is 0. The lowest BCUT2D eigenvalue weighted by atomic mass is 10.1. The van der Waals surface area contributed by atoms with Crippen molar-refractivity contribution < 1.29 is 0 Å². The number of hydrogen-bond donors (Lipinski definition) is 2. The Hall–Kier alpha value is -2.84. The SMILES string of the molecule is N.c1ccc2c(Nc3cccc4ccccc34)cccc2c1. The third kappa shape index (κ3) is 2.41. The fourth-order valence-electron chi connectivity index (χ4n) is 2.81. The lowest BCUT2D eigenvalue weighted by Gasteiger charge is -2.12. The van der Waals surface area contributed by atoms with Crippen molar-refractivity contribution >= 4 is 32.9 Å². The number of anilines is 2. The molecule has 0 spiro atoms. The fraction of sp³-hybridized carbons (Fsp3) is 0. The molecule has 4 aromatic carbocycles. The van der Waals surface area contributed by atoms with Crippen LogP contribution in [0, 0.1) is 0 Å². The van der Waals surface area contributed by atoms with Crippen LogP contribution in [0.1, 0.15) is 0 Å². The summed E-state index contributed by atoms with van der Waals surface area (Å²) >= 11 is 0. The average molecular weight is 286 g/mol. The van der Waals surface area contributed by atoms with E-state index >= 15 is 0 Å². The van der Waals surface area contributed by atoms with Gasteiger partial charge < -0.3 is 11.5 Å². The van der Waals surface area contributed by atoms with Gasteiger partial charge in [-0.05, 0) is 22.9 Å². The van der Waals surface area contributed by atoms with Gasteiger partial charge >= 0.3 is 0 Å². The second-order valence-corrected chi connectivity index (χ2v) is 5.18. The van der Waals surface area contributed by atoms with Crippen molar-refractivity contribution in [1.82, 2.24) is 6.15 Å². The number of rotatable bonds is 2. The minimum absolute atomic E-state index is 0. The first-order valence-corrected chi connectivity index (χ1v) is 7.14. The molecule has 108 valence electrons. The molecule has 0 heterocycles. The fourth-order valence-corrected chi connectivity index (χ4v) is 2.81. The number of fused-ring (bicyclic) bond motifs is 2. The van der Waals surface area contributed by atoms with E-state index in [1.165, 1.54) is 21.5 Å². The molecule has 0 atom stereocenters. The van der Waals surface area contributed by atoms with E-state index < -0.39 is 0 Å². The van der Waals surface area contributed by atoms with Gasteiger partial charge in [0.05, 0.1) is 0 Å². The zero-order valence-corrected chi connectivity index (χ0v) is 12.3. The zero-order valence-electron chi connectivity index (χ0n) is 12.3. The quantitative estimate of drug-likeness (QED) is 0.482. The molecule has 0 aliphatic rings. The van der Waals surface area contributed by atoms with E-state index in [-0.39, 0.29) is 6.15 Å². The van der Waals surface area contributed by atoms with E-state index in [0.717, 1.165) is 11.4 Å². The Morgan fingerprint density at radius 1 is 0.455 bits per heavy atom. The van der Waals surface area contributed by atoms with Crippen molar-refractivity contribution in [2.24, 2.45) is 0 Å². The van der Waals surface area contributed by atoms with Gasteiger partial charge in [-0.25, -0.2) is 0 Å².